The van der Waals surface area contributed by atoms with Crippen molar-refractivity contribution in [3.8, 4) is 0 Å². The lowest BCUT2D eigenvalue weighted by atomic mass is 10.1. The lowest BCUT2D eigenvalue weighted by molar-refractivity contribution is 0.920. The molecule has 0 aliphatic carbocycles. The van der Waals surface area contributed by atoms with Gasteiger partial charge in [0.25, 0.3) is 0 Å². The predicted molar refractivity (Wildman–Crippen MR) is 142 cm³/mol. The van der Waals surface area contributed by atoms with E-state index in [9.17, 15) is 0 Å². The van der Waals surface area contributed by atoms with Crippen molar-refractivity contribution in [3.05, 3.63) is 108 Å². The van der Waals surface area contributed by atoms with Crippen molar-refractivity contribution in [2.75, 3.05) is 10.6 Å². The number of aromatic nitrogens is 3. The van der Waals surface area contributed by atoms with E-state index in [1.165, 1.54) is 27.5 Å². The first-order valence-electron chi connectivity index (χ1n) is 11.2. The number of aryl methyl sites for hydroxylation is 2. The maximum atomic E-state index is 4.69. The standard InChI is InChI=1S/C28H25N5S/c1-19-10-14-23(15-11-19)29-26-31-27(30-24-16-12-20(2)13-17-24)33-28(32-26)34-18-22-8-5-7-21-6-3-4-9-25(21)22/h3-17H,18H2,1-2H3,(H2,29,30,31,32,33). The molecular weight excluding hydrogens is 438 g/mol. The highest BCUT2D eigenvalue weighted by molar-refractivity contribution is 7.98. The molecule has 0 unspecified atom stereocenters. The SMILES string of the molecule is Cc1ccc(Nc2nc(Nc3ccc(C)cc3)nc(SCc3cccc4ccccc34)n2)cc1. The van der Waals surface area contributed by atoms with E-state index in [-0.39, 0.29) is 0 Å². The Morgan fingerprint density at radius 3 is 1.79 bits per heavy atom. The molecule has 0 bridgehead atoms. The number of benzene rings is 4. The molecule has 5 rings (SSSR count). The second-order valence-corrected chi connectivity index (χ2v) is 9.12. The zero-order chi connectivity index (χ0) is 23.3. The van der Waals surface area contributed by atoms with Crippen LogP contribution in [0.4, 0.5) is 23.3 Å². The lowest BCUT2D eigenvalue weighted by Crippen LogP contribution is -2.05. The van der Waals surface area contributed by atoms with Crippen LogP contribution in [0.5, 0.6) is 0 Å². The Hall–Kier alpha value is -3.90. The van der Waals surface area contributed by atoms with E-state index in [1.54, 1.807) is 11.8 Å². The van der Waals surface area contributed by atoms with Gasteiger partial charge in [0.05, 0.1) is 0 Å². The molecule has 0 aliphatic heterocycles. The molecule has 0 saturated carbocycles. The molecule has 0 saturated heterocycles. The first kappa shape index (κ1) is 21.9. The summed E-state index contributed by atoms with van der Waals surface area (Å²) in [6.07, 6.45) is 0. The maximum Gasteiger partial charge on any atom is 0.233 e. The summed E-state index contributed by atoms with van der Waals surface area (Å²) in [6.45, 7) is 4.14. The number of thioether (sulfide) groups is 1. The largest absolute Gasteiger partial charge is 0.324 e. The van der Waals surface area contributed by atoms with E-state index in [0.717, 1.165) is 17.1 Å². The molecule has 34 heavy (non-hydrogen) atoms. The molecule has 2 N–H and O–H groups in total. The molecule has 0 fully saturated rings. The van der Waals surface area contributed by atoms with Crippen molar-refractivity contribution in [3.63, 3.8) is 0 Å². The van der Waals surface area contributed by atoms with Crippen LogP contribution in [0.3, 0.4) is 0 Å². The molecule has 4 aromatic carbocycles. The van der Waals surface area contributed by atoms with E-state index >= 15 is 0 Å². The number of fused-ring (bicyclic) bond motifs is 1. The molecule has 1 aromatic heterocycles. The fraction of sp³-hybridized carbons (Fsp3) is 0.107. The highest BCUT2D eigenvalue weighted by Crippen LogP contribution is 2.27. The fourth-order valence-corrected chi connectivity index (χ4v) is 4.46. The van der Waals surface area contributed by atoms with Gasteiger partial charge in [-0.3, -0.25) is 0 Å². The van der Waals surface area contributed by atoms with Gasteiger partial charge in [-0.05, 0) is 54.4 Å². The quantitative estimate of drug-likeness (QED) is 0.245. The molecule has 0 atom stereocenters. The summed E-state index contributed by atoms with van der Waals surface area (Å²) in [5, 5.41) is 9.79. The summed E-state index contributed by atoms with van der Waals surface area (Å²) >= 11 is 1.60. The van der Waals surface area contributed by atoms with Crippen LogP contribution in [0.1, 0.15) is 16.7 Å². The highest BCUT2D eigenvalue weighted by Gasteiger charge is 2.10. The summed E-state index contributed by atoms with van der Waals surface area (Å²) in [6, 6.07) is 31.2. The van der Waals surface area contributed by atoms with E-state index in [0.29, 0.717) is 17.1 Å². The predicted octanol–water partition coefficient (Wildman–Crippen LogP) is 7.42. The van der Waals surface area contributed by atoms with Crippen LogP contribution >= 0.6 is 11.8 Å². The monoisotopic (exact) mass is 463 g/mol. The fourth-order valence-electron chi connectivity index (χ4n) is 3.63. The Morgan fingerprint density at radius 1 is 0.618 bits per heavy atom. The summed E-state index contributed by atoms with van der Waals surface area (Å²) in [5.41, 5.74) is 5.53. The molecule has 5 aromatic rings. The second kappa shape index (κ2) is 9.93. The Kier molecular flexibility index (Phi) is 6.40. The van der Waals surface area contributed by atoms with Crippen LogP contribution in [0.2, 0.25) is 0 Å². The third-order valence-electron chi connectivity index (χ3n) is 5.47. The maximum absolute atomic E-state index is 4.69. The van der Waals surface area contributed by atoms with Crippen LogP contribution in [0.25, 0.3) is 10.8 Å². The first-order chi connectivity index (χ1) is 16.6. The van der Waals surface area contributed by atoms with Crippen molar-refractivity contribution in [1.82, 2.24) is 15.0 Å². The van der Waals surface area contributed by atoms with Gasteiger partial charge in [0, 0.05) is 17.1 Å². The smallest absolute Gasteiger partial charge is 0.233 e. The van der Waals surface area contributed by atoms with Gasteiger partial charge in [-0.1, -0.05) is 89.6 Å². The van der Waals surface area contributed by atoms with Crippen molar-refractivity contribution < 1.29 is 0 Å². The van der Waals surface area contributed by atoms with Gasteiger partial charge in [0.15, 0.2) is 5.16 Å². The van der Waals surface area contributed by atoms with E-state index in [1.807, 2.05) is 24.3 Å². The molecular formula is C28H25N5S. The molecule has 0 radical (unpaired) electrons. The number of nitrogens with zero attached hydrogens (tertiary/aromatic N) is 3. The van der Waals surface area contributed by atoms with Gasteiger partial charge < -0.3 is 10.6 Å². The summed E-state index contributed by atoms with van der Waals surface area (Å²) in [5.74, 6) is 1.78. The van der Waals surface area contributed by atoms with E-state index in [2.05, 4.69) is 96.2 Å². The summed E-state index contributed by atoms with van der Waals surface area (Å²) < 4.78 is 0. The average molecular weight is 464 g/mol. The molecule has 0 amide bonds. The van der Waals surface area contributed by atoms with E-state index < -0.39 is 0 Å². The Balaban J connectivity index is 1.43. The number of rotatable bonds is 7. The summed E-state index contributed by atoms with van der Waals surface area (Å²) in [4.78, 5) is 14.0. The molecule has 6 heteroatoms. The third-order valence-corrected chi connectivity index (χ3v) is 6.36. The summed E-state index contributed by atoms with van der Waals surface area (Å²) in [7, 11) is 0. The zero-order valence-electron chi connectivity index (χ0n) is 19.1. The second-order valence-electron chi connectivity index (χ2n) is 8.17. The van der Waals surface area contributed by atoms with Gasteiger partial charge >= 0.3 is 0 Å². The lowest BCUT2D eigenvalue weighted by Gasteiger charge is -2.11. The van der Waals surface area contributed by atoms with Gasteiger partial charge in [-0.2, -0.15) is 15.0 Å². The number of hydrogen-bond acceptors (Lipinski definition) is 6. The topological polar surface area (TPSA) is 62.7 Å². The zero-order valence-corrected chi connectivity index (χ0v) is 19.9. The molecule has 1 heterocycles. The molecule has 168 valence electrons. The van der Waals surface area contributed by atoms with Crippen LogP contribution in [0, 0.1) is 13.8 Å². The Bertz CT molecular complexity index is 1340. The van der Waals surface area contributed by atoms with Gasteiger partial charge in [0.2, 0.25) is 11.9 Å². The first-order valence-corrected chi connectivity index (χ1v) is 12.1. The minimum absolute atomic E-state index is 0.508. The van der Waals surface area contributed by atoms with Gasteiger partial charge in [-0.25, -0.2) is 0 Å². The molecule has 0 spiro atoms. The molecule has 5 nitrogen and oxygen atoms in total. The van der Waals surface area contributed by atoms with Crippen molar-refractivity contribution in [2.24, 2.45) is 0 Å². The van der Waals surface area contributed by atoms with E-state index in [4.69, 9.17) is 9.97 Å². The van der Waals surface area contributed by atoms with Crippen LogP contribution < -0.4 is 10.6 Å². The third kappa shape index (κ3) is 5.35. The van der Waals surface area contributed by atoms with Crippen LogP contribution in [-0.4, -0.2) is 15.0 Å². The minimum atomic E-state index is 0.508. The normalized spacial score (nSPS) is 10.9. The number of anilines is 4. The van der Waals surface area contributed by atoms with Crippen LogP contribution in [-0.2, 0) is 5.75 Å². The average Bonchev–Trinajstić information content (AvgIpc) is 2.85. The van der Waals surface area contributed by atoms with Crippen LogP contribution in [0.15, 0.2) is 96.2 Å². The van der Waals surface area contributed by atoms with Crippen molar-refractivity contribution in [1.29, 1.82) is 0 Å². The molecule has 0 aliphatic rings. The number of nitrogens with one attached hydrogen (secondary N) is 2. The van der Waals surface area contributed by atoms with Gasteiger partial charge in [0.1, 0.15) is 0 Å². The van der Waals surface area contributed by atoms with Crippen molar-refractivity contribution in [2.45, 2.75) is 24.8 Å². The minimum Gasteiger partial charge on any atom is -0.324 e. The Morgan fingerprint density at radius 2 is 1.18 bits per heavy atom. The Labute approximate surface area is 203 Å². The van der Waals surface area contributed by atoms with Crippen molar-refractivity contribution >= 4 is 45.8 Å². The van der Waals surface area contributed by atoms with Gasteiger partial charge in [-0.15, -0.1) is 0 Å². The highest BCUT2D eigenvalue weighted by atomic mass is 32.2. The number of hydrogen-bond donors (Lipinski definition) is 2.